The maximum atomic E-state index is 12.4. The van der Waals surface area contributed by atoms with E-state index in [0.29, 0.717) is 16.8 Å². The molecule has 6 nitrogen and oxygen atoms in total. The van der Waals surface area contributed by atoms with Crippen LogP contribution in [0.25, 0.3) is 46.4 Å². The minimum atomic E-state index is -0.580. The lowest BCUT2D eigenvalue weighted by Crippen LogP contribution is -2.07. The maximum Gasteiger partial charge on any atom is 0.192 e. The molecule has 0 amide bonds. The highest BCUT2D eigenvalue weighted by Gasteiger charge is 2.14. The van der Waals surface area contributed by atoms with Gasteiger partial charge in [0.1, 0.15) is 6.61 Å². The number of H-pyrrole nitrogens is 2. The fourth-order valence-electron chi connectivity index (χ4n) is 3.38. The van der Waals surface area contributed by atoms with Crippen LogP contribution in [0.3, 0.4) is 0 Å². The predicted molar refractivity (Wildman–Crippen MR) is 110 cm³/mol. The third-order valence-corrected chi connectivity index (χ3v) is 4.64. The Morgan fingerprint density at radius 1 is 0.786 bits per heavy atom. The third-order valence-electron chi connectivity index (χ3n) is 4.64. The molecule has 0 unspecified atom stereocenters. The van der Waals surface area contributed by atoms with Gasteiger partial charge in [0.05, 0.1) is 33.9 Å². The number of Topliss-reactive ketones (excluding diaryl/α,β-unsaturated/α-hetero) is 1. The van der Waals surface area contributed by atoms with Gasteiger partial charge in [-0.1, -0.05) is 0 Å². The van der Waals surface area contributed by atoms with Crippen molar-refractivity contribution in [3.8, 4) is 0 Å². The molecule has 3 aromatic rings. The highest BCUT2D eigenvalue weighted by Crippen LogP contribution is 2.21. The van der Waals surface area contributed by atoms with Crippen molar-refractivity contribution in [3.63, 3.8) is 0 Å². The highest BCUT2D eigenvalue weighted by atomic mass is 16.3. The molecule has 5 heterocycles. The number of aromatic nitrogens is 4. The topological polar surface area (TPSA) is 94.7 Å². The van der Waals surface area contributed by atoms with Gasteiger partial charge in [0.2, 0.25) is 0 Å². The van der Waals surface area contributed by atoms with Crippen molar-refractivity contribution in [2.24, 2.45) is 0 Å². The Kier molecular flexibility index (Phi) is 3.77. The van der Waals surface area contributed by atoms with Gasteiger partial charge in [-0.3, -0.25) is 4.79 Å². The van der Waals surface area contributed by atoms with E-state index in [-0.39, 0.29) is 5.78 Å². The number of fused-ring (bicyclic) bond motifs is 8. The van der Waals surface area contributed by atoms with E-state index in [1.807, 2.05) is 60.7 Å². The van der Waals surface area contributed by atoms with Gasteiger partial charge in [0, 0.05) is 16.6 Å². The van der Waals surface area contributed by atoms with Crippen LogP contribution in [0.15, 0.2) is 42.5 Å². The molecular weight excluding hydrogens is 352 g/mol. The molecule has 0 spiro atoms. The second-order valence-electron chi connectivity index (χ2n) is 6.64. The standard InChI is InChI=1S/C22H16N4O2/c27-12-21(28)22-19-7-5-17(25-19)10-15-3-1-13(23-15)9-14-2-4-16(24-14)11-18-6-8-20(22)26-18/h1-11,23,26-27H,12H2. The summed E-state index contributed by atoms with van der Waals surface area (Å²) in [5.41, 5.74) is 6.56. The number of hydrogen-bond acceptors (Lipinski definition) is 4. The van der Waals surface area contributed by atoms with E-state index >= 15 is 0 Å². The summed E-state index contributed by atoms with van der Waals surface area (Å²) < 4.78 is 0. The summed E-state index contributed by atoms with van der Waals surface area (Å²) in [7, 11) is 0. The predicted octanol–water partition coefficient (Wildman–Crippen LogP) is 3.83. The number of aliphatic hydroxyl groups is 1. The summed E-state index contributed by atoms with van der Waals surface area (Å²) in [5, 5.41) is 9.45. The van der Waals surface area contributed by atoms with Crippen molar-refractivity contribution in [1.29, 1.82) is 0 Å². The summed E-state index contributed by atoms with van der Waals surface area (Å²) in [6, 6.07) is 13.4. The van der Waals surface area contributed by atoms with Crippen molar-refractivity contribution in [2.75, 3.05) is 6.61 Å². The fraction of sp³-hybridized carbons (Fsp3) is 0.0455. The number of aromatic amines is 2. The van der Waals surface area contributed by atoms with Crippen LogP contribution in [-0.2, 0) is 0 Å². The zero-order valence-corrected chi connectivity index (χ0v) is 14.8. The summed E-state index contributed by atoms with van der Waals surface area (Å²) in [6.07, 6.45) is 7.53. The number of nitrogens with zero attached hydrogens (tertiary/aromatic N) is 2. The quantitative estimate of drug-likeness (QED) is 0.413. The number of carbonyl (C=O) groups excluding carboxylic acids is 1. The van der Waals surface area contributed by atoms with Crippen molar-refractivity contribution >= 4 is 52.2 Å². The molecule has 0 aromatic carbocycles. The lowest BCUT2D eigenvalue weighted by molar-refractivity contribution is 0.0905. The molecule has 136 valence electrons. The fourth-order valence-corrected chi connectivity index (χ4v) is 3.38. The van der Waals surface area contributed by atoms with Crippen LogP contribution in [0.1, 0.15) is 33.1 Å². The van der Waals surface area contributed by atoms with Crippen LogP contribution in [0.5, 0.6) is 0 Å². The molecule has 0 saturated heterocycles. The third kappa shape index (κ3) is 2.95. The molecule has 5 rings (SSSR count). The summed E-state index contributed by atoms with van der Waals surface area (Å²) in [4.78, 5) is 28.1. The lowest BCUT2D eigenvalue weighted by atomic mass is 10.1. The van der Waals surface area contributed by atoms with E-state index in [0.717, 1.165) is 33.6 Å². The molecule has 3 aromatic heterocycles. The van der Waals surface area contributed by atoms with E-state index in [2.05, 4.69) is 19.9 Å². The number of rotatable bonds is 2. The van der Waals surface area contributed by atoms with Crippen LogP contribution >= 0.6 is 0 Å². The monoisotopic (exact) mass is 368 g/mol. The minimum Gasteiger partial charge on any atom is -0.388 e. The zero-order valence-electron chi connectivity index (χ0n) is 14.8. The Morgan fingerprint density at radius 2 is 1.36 bits per heavy atom. The molecule has 28 heavy (non-hydrogen) atoms. The Morgan fingerprint density at radius 3 is 2.04 bits per heavy atom. The van der Waals surface area contributed by atoms with Gasteiger partial charge in [0.25, 0.3) is 0 Å². The van der Waals surface area contributed by atoms with Gasteiger partial charge in [-0.2, -0.15) is 0 Å². The smallest absolute Gasteiger partial charge is 0.192 e. The number of ketones is 1. The summed E-state index contributed by atoms with van der Waals surface area (Å²) >= 11 is 0. The molecule has 0 fully saturated rings. The number of carbonyl (C=O) groups is 1. The first-order valence-electron chi connectivity index (χ1n) is 8.89. The van der Waals surface area contributed by atoms with E-state index in [4.69, 9.17) is 0 Å². The molecule has 0 aliphatic carbocycles. The normalized spacial score (nSPS) is 12.5. The largest absolute Gasteiger partial charge is 0.388 e. The molecule has 0 atom stereocenters. The van der Waals surface area contributed by atoms with Gasteiger partial charge in [-0.15, -0.1) is 0 Å². The molecule has 6 heteroatoms. The van der Waals surface area contributed by atoms with E-state index in [1.165, 1.54) is 0 Å². The molecular formula is C22H16N4O2. The van der Waals surface area contributed by atoms with Crippen LogP contribution in [0.2, 0.25) is 0 Å². The van der Waals surface area contributed by atoms with Gasteiger partial charge in [-0.05, 0) is 66.8 Å². The van der Waals surface area contributed by atoms with E-state index in [1.54, 1.807) is 6.08 Å². The van der Waals surface area contributed by atoms with Gasteiger partial charge >= 0.3 is 0 Å². The SMILES string of the molecule is O=C(CO)c1c2nc(cc3ccc(cc4nc(cc5ccc1[nH]5)C=C4)[nH]3)C=C2. The molecule has 0 radical (unpaired) electrons. The van der Waals surface area contributed by atoms with Gasteiger partial charge in [0.15, 0.2) is 5.78 Å². The second-order valence-corrected chi connectivity index (χ2v) is 6.64. The number of nitrogens with one attached hydrogen (secondary N) is 2. The summed E-state index contributed by atoms with van der Waals surface area (Å²) in [5.74, 6) is -0.385. The van der Waals surface area contributed by atoms with Crippen LogP contribution in [0, 0.1) is 0 Å². The Labute approximate surface area is 159 Å². The second kappa shape index (κ2) is 6.44. The minimum absolute atomic E-state index is 0.366. The molecule has 8 bridgehead atoms. The van der Waals surface area contributed by atoms with Crippen molar-refractivity contribution in [3.05, 3.63) is 70.8 Å². The van der Waals surface area contributed by atoms with Gasteiger partial charge in [-0.25, -0.2) is 9.97 Å². The van der Waals surface area contributed by atoms with Crippen LogP contribution < -0.4 is 0 Å². The Balaban J connectivity index is 1.89. The number of hydrogen-bond donors (Lipinski definition) is 3. The Bertz CT molecular complexity index is 1330. The van der Waals surface area contributed by atoms with Crippen molar-refractivity contribution in [1.82, 2.24) is 19.9 Å². The highest BCUT2D eigenvalue weighted by molar-refractivity contribution is 6.06. The van der Waals surface area contributed by atoms with E-state index in [9.17, 15) is 9.90 Å². The average molecular weight is 368 g/mol. The summed E-state index contributed by atoms with van der Waals surface area (Å²) in [6.45, 7) is -0.580. The molecule has 0 saturated carbocycles. The zero-order chi connectivity index (χ0) is 19.1. The lowest BCUT2D eigenvalue weighted by Gasteiger charge is -1.99. The number of aliphatic hydroxyl groups excluding tert-OH is 1. The van der Waals surface area contributed by atoms with E-state index < -0.39 is 6.61 Å². The van der Waals surface area contributed by atoms with Crippen LogP contribution in [0.4, 0.5) is 0 Å². The molecule has 2 aliphatic heterocycles. The first-order chi connectivity index (χ1) is 13.7. The molecule has 2 aliphatic rings. The maximum absolute atomic E-state index is 12.4. The van der Waals surface area contributed by atoms with Crippen LogP contribution in [-0.4, -0.2) is 37.4 Å². The average Bonchev–Trinajstić information content (AvgIpc) is 3.46. The van der Waals surface area contributed by atoms with Crippen molar-refractivity contribution in [2.45, 2.75) is 0 Å². The molecule has 3 N–H and O–H groups in total. The van der Waals surface area contributed by atoms with Crippen molar-refractivity contribution < 1.29 is 9.90 Å². The Hall–Kier alpha value is -3.77. The van der Waals surface area contributed by atoms with Gasteiger partial charge < -0.3 is 15.1 Å². The first-order valence-corrected chi connectivity index (χ1v) is 8.89. The first kappa shape index (κ1) is 16.4.